The lowest BCUT2D eigenvalue weighted by Gasteiger charge is -2.16. The Morgan fingerprint density at radius 1 is 1.35 bits per heavy atom. The fourth-order valence-electron chi connectivity index (χ4n) is 3.45. The Labute approximate surface area is 123 Å². The minimum Gasteiger partial charge on any atom is -0.316 e. The van der Waals surface area contributed by atoms with Crippen LogP contribution in [-0.4, -0.2) is 22.9 Å². The third kappa shape index (κ3) is 3.43. The maximum absolute atomic E-state index is 4.85. The summed E-state index contributed by atoms with van der Waals surface area (Å²) in [5.41, 5.74) is 1.82. The van der Waals surface area contributed by atoms with E-state index in [0.717, 1.165) is 18.9 Å². The van der Waals surface area contributed by atoms with E-state index in [1.807, 2.05) is 0 Å². The molecular formula is C17H29N3. The molecule has 1 N–H and O–H groups in total. The molecule has 0 amide bonds. The van der Waals surface area contributed by atoms with Crippen LogP contribution in [0, 0.1) is 11.3 Å². The van der Waals surface area contributed by atoms with Gasteiger partial charge in [0, 0.05) is 12.7 Å². The first-order chi connectivity index (χ1) is 9.67. The Hall–Kier alpha value is -0.830. The number of nitrogens with zero attached hydrogens (tertiary/aromatic N) is 2. The van der Waals surface area contributed by atoms with Crippen LogP contribution in [0.5, 0.6) is 0 Å². The zero-order valence-electron chi connectivity index (χ0n) is 13.1. The second kappa shape index (κ2) is 5.88. The zero-order chi connectivity index (χ0) is 14.0. The maximum atomic E-state index is 4.85. The van der Waals surface area contributed by atoms with Crippen molar-refractivity contribution in [2.75, 3.05) is 13.1 Å². The van der Waals surface area contributed by atoms with E-state index in [1.165, 1.54) is 50.8 Å². The second-order valence-electron chi connectivity index (χ2n) is 7.43. The van der Waals surface area contributed by atoms with Crippen molar-refractivity contribution in [3.63, 3.8) is 0 Å². The first-order valence-corrected chi connectivity index (χ1v) is 8.42. The van der Waals surface area contributed by atoms with Crippen molar-refractivity contribution in [3.05, 3.63) is 18.0 Å². The van der Waals surface area contributed by atoms with Gasteiger partial charge < -0.3 is 5.32 Å². The Balaban J connectivity index is 1.52. The fourth-order valence-corrected chi connectivity index (χ4v) is 3.45. The summed E-state index contributed by atoms with van der Waals surface area (Å²) in [5.74, 6) is 0.743. The first kappa shape index (κ1) is 14.1. The Kier molecular flexibility index (Phi) is 4.16. The van der Waals surface area contributed by atoms with Gasteiger partial charge in [0.15, 0.2) is 0 Å². The van der Waals surface area contributed by atoms with Gasteiger partial charge in [-0.25, -0.2) is 0 Å². The lowest BCUT2D eigenvalue weighted by molar-refractivity contribution is 0.419. The molecule has 0 spiro atoms. The summed E-state index contributed by atoms with van der Waals surface area (Å²) in [4.78, 5) is 0. The molecule has 2 aliphatic carbocycles. The van der Waals surface area contributed by atoms with Crippen molar-refractivity contribution in [2.45, 2.75) is 64.8 Å². The van der Waals surface area contributed by atoms with Crippen molar-refractivity contribution < 1.29 is 0 Å². The van der Waals surface area contributed by atoms with E-state index in [9.17, 15) is 0 Å². The van der Waals surface area contributed by atoms with Gasteiger partial charge >= 0.3 is 0 Å². The van der Waals surface area contributed by atoms with Crippen LogP contribution in [-0.2, 0) is 6.42 Å². The summed E-state index contributed by atoms with van der Waals surface area (Å²) < 4.78 is 2.24. The van der Waals surface area contributed by atoms with E-state index >= 15 is 0 Å². The van der Waals surface area contributed by atoms with E-state index in [2.05, 4.69) is 36.1 Å². The Bertz CT molecular complexity index is 425. The summed E-state index contributed by atoms with van der Waals surface area (Å²) in [6.45, 7) is 6.85. The van der Waals surface area contributed by atoms with Gasteiger partial charge in [-0.1, -0.05) is 26.7 Å². The molecule has 3 rings (SSSR count). The molecule has 20 heavy (non-hydrogen) atoms. The van der Waals surface area contributed by atoms with Crippen molar-refractivity contribution in [1.82, 2.24) is 15.1 Å². The lowest BCUT2D eigenvalue weighted by atomic mass is 10.00. The molecule has 112 valence electrons. The van der Waals surface area contributed by atoms with Crippen molar-refractivity contribution in [2.24, 2.45) is 11.3 Å². The summed E-state index contributed by atoms with van der Waals surface area (Å²) in [6.07, 6.45) is 11.5. The van der Waals surface area contributed by atoms with Gasteiger partial charge in [-0.3, -0.25) is 4.68 Å². The molecule has 0 atom stereocenters. The molecule has 0 radical (unpaired) electrons. The molecule has 2 aliphatic rings. The van der Waals surface area contributed by atoms with E-state index < -0.39 is 0 Å². The largest absolute Gasteiger partial charge is 0.316 e. The van der Waals surface area contributed by atoms with Crippen LogP contribution in [0.2, 0.25) is 0 Å². The van der Waals surface area contributed by atoms with E-state index in [1.54, 1.807) is 0 Å². The highest BCUT2D eigenvalue weighted by atomic mass is 15.3. The van der Waals surface area contributed by atoms with Crippen LogP contribution in [0.1, 0.15) is 64.1 Å². The zero-order valence-corrected chi connectivity index (χ0v) is 13.1. The maximum Gasteiger partial charge on any atom is 0.0630 e. The molecular weight excluding hydrogens is 246 g/mol. The average Bonchev–Trinajstić information content (AvgIpc) is 2.84. The number of hydrogen-bond donors (Lipinski definition) is 1. The molecule has 0 aromatic carbocycles. The first-order valence-electron chi connectivity index (χ1n) is 8.42. The molecule has 1 heterocycles. The third-order valence-electron chi connectivity index (χ3n) is 4.93. The van der Waals surface area contributed by atoms with Crippen LogP contribution in [0.15, 0.2) is 12.3 Å². The Morgan fingerprint density at radius 3 is 2.75 bits per heavy atom. The van der Waals surface area contributed by atoms with Crippen molar-refractivity contribution in [1.29, 1.82) is 0 Å². The van der Waals surface area contributed by atoms with Crippen LogP contribution in [0.25, 0.3) is 0 Å². The van der Waals surface area contributed by atoms with Crippen LogP contribution >= 0.6 is 0 Å². The molecule has 1 aromatic rings. The van der Waals surface area contributed by atoms with Gasteiger partial charge in [-0.2, -0.15) is 5.10 Å². The summed E-state index contributed by atoms with van der Waals surface area (Å²) in [7, 11) is 0. The standard InChI is InChI=1S/C17H29N3/c1-14(2)12-18-13-17(8-9-17)11-15-7-10-20(19-15)16-5-3-4-6-16/h7,10,14,16,18H,3-6,8-9,11-13H2,1-2H3. The van der Waals surface area contributed by atoms with Crippen molar-refractivity contribution >= 4 is 0 Å². The van der Waals surface area contributed by atoms with Gasteiger partial charge in [0.25, 0.3) is 0 Å². The SMILES string of the molecule is CC(C)CNCC1(Cc2ccn(C3CCCC3)n2)CC1. The highest BCUT2D eigenvalue weighted by molar-refractivity contribution is 5.09. The minimum absolute atomic E-state index is 0.518. The molecule has 0 saturated heterocycles. The van der Waals surface area contributed by atoms with Crippen LogP contribution in [0.3, 0.4) is 0 Å². The predicted molar refractivity (Wildman–Crippen MR) is 82.8 cm³/mol. The van der Waals surface area contributed by atoms with Gasteiger partial charge in [0.1, 0.15) is 0 Å². The van der Waals surface area contributed by atoms with Crippen LogP contribution in [0.4, 0.5) is 0 Å². The fraction of sp³-hybridized carbons (Fsp3) is 0.824. The smallest absolute Gasteiger partial charge is 0.0630 e. The second-order valence-corrected chi connectivity index (χ2v) is 7.43. The van der Waals surface area contributed by atoms with Gasteiger partial charge in [-0.15, -0.1) is 0 Å². The van der Waals surface area contributed by atoms with Crippen LogP contribution < -0.4 is 5.32 Å². The number of hydrogen-bond acceptors (Lipinski definition) is 2. The topological polar surface area (TPSA) is 29.9 Å². The van der Waals surface area contributed by atoms with E-state index in [0.29, 0.717) is 11.5 Å². The van der Waals surface area contributed by atoms with E-state index in [4.69, 9.17) is 5.10 Å². The molecule has 1 aromatic heterocycles. The molecule has 0 unspecified atom stereocenters. The molecule has 0 aliphatic heterocycles. The summed E-state index contributed by atoms with van der Waals surface area (Å²) >= 11 is 0. The quantitative estimate of drug-likeness (QED) is 0.824. The summed E-state index contributed by atoms with van der Waals surface area (Å²) in [5, 5.41) is 8.48. The number of aromatic nitrogens is 2. The molecule has 3 heteroatoms. The van der Waals surface area contributed by atoms with Crippen molar-refractivity contribution in [3.8, 4) is 0 Å². The molecule has 0 bridgehead atoms. The molecule has 3 nitrogen and oxygen atoms in total. The highest BCUT2D eigenvalue weighted by Gasteiger charge is 2.42. The highest BCUT2D eigenvalue weighted by Crippen LogP contribution is 2.47. The monoisotopic (exact) mass is 275 g/mol. The summed E-state index contributed by atoms with van der Waals surface area (Å²) in [6, 6.07) is 2.93. The number of rotatable bonds is 7. The van der Waals surface area contributed by atoms with Gasteiger partial charge in [0.2, 0.25) is 0 Å². The Morgan fingerprint density at radius 2 is 2.10 bits per heavy atom. The molecule has 2 fully saturated rings. The van der Waals surface area contributed by atoms with E-state index in [-0.39, 0.29) is 0 Å². The minimum atomic E-state index is 0.518. The third-order valence-corrected chi connectivity index (χ3v) is 4.93. The molecule has 2 saturated carbocycles. The number of nitrogens with one attached hydrogen (secondary N) is 1. The van der Waals surface area contributed by atoms with Gasteiger partial charge in [-0.05, 0) is 56.0 Å². The lowest BCUT2D eigenvalue weighted by Crippen LogP contribution is -2.28. The average molecular weight is 275 g/mol. The van der Waals surface area contributed by atoms with Gasteiger partial charge in [0.05, 0.1) is 11.7 Å². The predicted octanol–water partition coefficient (Wildman–Crippen LogP) is 3.57. The normalized spacial score (nSPS) is 21.8.